The van der Waals surface area contributed by atoms with Crippen LogP contribution in [0.3, 0.4) is 0 Å². The first-order valence-electron chi connectivity index (χ1n) is 4.20. The van der Waals surface area contributed by atoms with Crippen LogP contribution in [0.1, 0.15) is 6.42 Å². The molecule has 84 valence electrons. The number of rotatable bonds is 5. The number of carbonyl (C=O) groups is 3. The summed E-state index contributed by atoms with van der Waals surface area (Å²) in [7, 11) is 2.73. The molecule has 0 saturated carbocycles. The molecule has 0 spiro atoms. The molecule has 6 heteroatoms. The lowest BCUT2D eigenvalue weighted by molar-refractivity contribution is -0.141. The van der Waals surface area contributed by atoms with E-state index in [1.807, 2.05) is 0 Å². The van der Waals surface area contributed by atoms with Gasteiger partial charge in [-0.2, -0.15) is 0 Å². The Balaban J connectivity index is 3.99. The highest BCUT2D eigenvalue weighted by Gasteiger charge is 2.08. The number of amides is 1. The van der Waals surface area contributed by atoms with E-state index < -0.39 is 17.8 Å². The van der Waals surface area contributed by atoms with Crippen LogP contribution < -0.4 is 0 Å². The zero-order valence-corrected chi connectivity index (χ0v) is 8.60. The number of likely N-dealkylation sites (N-methyl/N-ethyl adjacent to an activating group) is 1. The number of esters is 1. The Hall–Kier alpha value is -1.85. The molecule has 0 aliphatic heterocycles. The van der Waals surface area contributed by atoms with Gasteiger partial charge in [0.05, 0.1) is 13.5 Å². The molecular formula is C9H13NO5. The van der Waals surface area contributed by atoms with Crippen molar-refractivity contribution in [2.45, 2.75) is 6.42 Å². The molecule has 0 aliphatic carbocycles. The monoisotopic (exact) mass is 215 g/mol. The van der Waals surface area contributed by atoms with Gasteiger partial charge in [0.2, 0.25) is 5.91 Å². The summed E-state index contributed by atoms with van der Waals surface area (Å²) in [5, 5.41) is 8.27. The molecule has 0 rings (SSSR count). The summed E-state index contributed by atoms with van der Waals surface area (Å²) in [6.07, 6.45) is 1.76. The first-order chi connectivity index (χ1) is 6.97. The first kappa shape index (κ1) is 13.2. The summed E-state index contributed by atoms with van der Waals surface area (Å²) in [6.45, 7) is 0.190. The predicted molar refractivity (Wildman–Crippen MR) is 51.0 cm³/mol. The number of carbonyl (C=O) groups excluding carboxylic acids is 2. The van der Waals surface area contributed by atoms with Crippen LogP contribution in [0, 0.1) is 0 Å². The van der Waals surface area contributed by atoms with Gasteiger partial charge in [-0.1, -0.05) is 0 Å². The zero-order valence-electron chi connectivity index (χ0n) is 8.60. The van der Waals surface area contributed by atoms with Crippen LogP contribution in [-0.4, -0.2) is 48.6 Å². The Morgan fingerprint density at radius 1 is 1.33 bits per heavy atom. The standard InChI is InChI=1S/C9H13NO5/c1-10(6-5-9(14)15-2)7(11)3-4-8(12)13/h3-4H,5-6H2,1-2H3,(H,12,13). The normalized spacial score (nSPS) is 10.0. The van der Waals surface area contributed by atoms with Gasteiger partial charge < -0.3 is 14.7 Å². The molecule has 1 N–H and O–H groups in total. The summed E-state index contributed by atoms with van der Waals surface area (Å²) in [6, 6.07) is 0. The van der Waals surface area contributed by atoms with Crippen LogP contribution in [0.2, 0.25) is 0 Å². The molecular weight excluding hydrogens is 202 g/mol. The second-order valence-corrected chi connectivity index (χ2v) is 2.76. The van der Waals surface area contributed by atoms with Gasteiger partial charge in [0.15, 0.2) is 0 Å². The Kier molecular flexibility index (Phi) is 5.77. The molecule has 0 unspecified atom stereocenters. The maximum absolute atomic E-state index is 11.2. The van der Waals surface area contributed by atoms with E-state index in [0.717, 1.165) is 12.2 Å². The highest BCUT2D eigenvalue weighted by molar-refractivity contribution is 5.93. The highest BCUT2D eigenvalue weighted by atomic mass is 16.5. The van der Waals surface area contributed by atoms with E-state index in [2.05, 4.69) is 4.74 Å². The number of hydrogen-bond acceptors (Lipinski definition) is 4. The van der Waals surface area contributed by atoms with Crippen molar-refractivity contribution in [3.63, 3.8) is 0 Å². The first-order valence-corrected chi connectivity index (χ1v) is 4.20. The zero-order chi connectivity index (χ0) is 11.8. The topological polar surface area (TPSA) is 83.9 Å². The van der Waals surface area contributed by atoms with Crippen molar-refractivity contribution in [1.29, 1.82) is 0 Å². The lowest BCUT2D eigenvalue weighted by Gasteiger charge is -2.13. The van der Waals surface area contributed by atoms with E-state index in [-0.39, 0.29) is 13.0 Å². The van der Waals surface area contributed by atoms with Gasteiger partial charge in [-0.25, -0.2) is 4.79 Å². The van der Waals surface area contributed by atoms with Crippen molar-refractivity contribution in [3.05, 3.63) is 12.2 Å². The third-order valence-electron chi connectivity index (χ3n) is 1.62. The molecule has 6 nitrogen and oxygen atoms in total. The van der Waals surface area contributed by atoms with Crippen LogP contribution in [0.15, 0.2) is 12.2 Å². The summed E-state index contributed by atoms with van der Waals surface area (Å²) >= 11 is 0. The Morgan fingerprint density at radius 3 is 2.40 bits per heavy atom. The Labute approximate surface area is 87.1 Å². The van der Waals surface area contributed by atoms with Crippen molar-refractivity contribution in [2.75, 3.05) is 20.7 Å². The summed E-state index contributed by atoms with van der Waals surface area (Å²) in [5.74, 6) is -2.08. The molecule has 0 aliphatic rings. The highest BCUT2D eigenvalue weighted by Crippen LogP contribution is 1.92. The second kappa shape index (κ2) is 6.58. The molecule has 1 amide bonds. The predicted octanol–water partition coefficient (Wildman–Crippen LogP) is -0.351. The van der Waals surface area contributed by atoms with Crippen molar-refractivity contribution in [3.8, 4) is 0 Å². The molecule has 0 heterocycles. The van der Waals surface area contributed by atoms with E-state index in [0.29, 0.717) is 0 Å². The Morgan fingerprint density at radius 2 is 1.93 bits per heavy atom. The molecule has 0 saturated heterocycles. The quantitative estimate of drug-likeness (QED) is 0.500. The number of hydrogen-bond donors (Lipinski definition) is 1. The number of methoxy groups -OCH3 is 1. The van der Waals surface area contributed by atoms with Gasteiger partial charge in [0, 0.05) is 25.7 Å². The van der Waals surface area contributed by atoms with Crippen LogP contribution >= 0.6 is 0 Å². The van der Waals surface area contributed by atoms with E-state index in [4.69, 9.17) is 5.11 Å². The van der Waals surface area contributed by atoms with Crippen molar-refractivity contribution in [1.82, 2.24) is 4.90 Å². The molecule has 0 radical (unpaired) electrons. The SMILES string of the molecule is COC(=O)CCN(C)C(=O)C=CC(=O)O. The number of ether oxygens (including phenoxy) is 1. The van der Waals surface area contributed by atoms with Gasteiger partial charge in [-0.3, -0.25) is 9.59 Å². The van der Waals surface area contributed by atoms with Gasteiger partial charge in [0.1, 0.15) is 0 Å². The van der Waals surface area contributed by atoms with Crippen LogP contribution in [0.25, 0.3) is 0 Å². The maximum Gasteiger partial charge on any atom is 0.328 e. The molecule has 0 aromatic heterocycles. The van der Waals surface area contributed by atoms with Crippen LogP contribution in [-0.2, 0) is 19.1 Å². The van der Waals surface area contributed by atoms with Crippen molar-refractivity contribution >= 4 is 17.8 Å². The van der Waals surface area contributed by atoms with Gasteiger partial charge >= 0.3 is 11.9 Å². The summed E-state index contributed by atoms with van der Waals surface area (Å²) in [5.41, 5.74) is 0. The fourth-order valence-corrected chi connectivity index (χ4v) is 0.741. The third kappa shape index (κ3) is 6.25. The second-order valence-electron chi connectivity index (χ2n) is 2.76. The minimum absolute atomic E-state index is 0.0830. The van der Waals surface area contributed by atoms with E-state index in [9.17, 15) is 14.4 Å². The van der Waals surface area contributed by atoms with Gasteiger partial charge in [-0.15, -0.1) is 0 Å². The van der Waals surface area contributed by atoms with Gasteiger partial charge in [-0.05, 0) is 0 Å². The van der Waals surface area contributed by atoms with Gasteiger partial charge in [0.25, 0.3) is 0 Å². The molecule has 0 aromatic rings. The molecule has 15 heavy (non-hydrogen) atoms. The number of aliphatic carboxylic acids is 1. The minimum Gasteiger partial charge on any atom is -0.478 e. The fourth-order valence-electron chi connectivity index (χ4n) is 0.741. The lowest BCUT2D eigenvalue weighted by atomic mass is 10.3. The summed E-state index contributed by atoms with van der Waals surface area (Å²) in [4.78, 5) is 33.2. The van der Waals surface area contributed by atoms with Crippen LogP contribution in [0.5, 0.6) is 0 Å². The number of carboxylic acid groups (broad SMARTS) is 1. The maximum atomic E-state index is 11.2. The van der Waals surface area contributed by atoms with E-state index in [1.165, 1.54) is 19.1 Å². The summed E-state index contributed by atoms with van der Waals surface area (Å²) < 4.78 is 4.39. The van der Waals surface area contributed by atoms with Crippen molar-refractivity contribution in [2.24, 2.45) is 0 Å². The molecule has 0 aromatic carbocycles. The average molecular weight is 215 g/mol. The Bertz CT molecular complexity index is 284. The smallest absolute Gasteiger partial charge is 0.328 e. The third-order valence-corrected chi connectivity index (χ3v) is 1.62. The minimum atomic E-state index is -1.19. The lowest BCUT2D eigenvalue weighted by Crippen LogP contribution is -2.27. The number of carboxylic acids is 1. The van der Waals surface area contributed by atoms with E-state index >= 15 is 0 Å². The molecule has 0 fully saturated rings. The van der Waals surface area contributed by atoms with Crippen molar-refractivity contribution < 1.29 is 24.2 Å². The van der Waals surface area contributed by atoms with Crippen LogP contribution in [0.4, 0.5) is 0 Å². The molecule has 0 bridgehead atoms. The molecule has 0 atom stereocenters. The number of nitrogens with zero attached hydrogens (tertiary/aromatic N) is 1. The van der Waals surface area contributed by atoms with E-state index in [1.54, 1.807) is 0 Å². The average Bonchev–Trinajstić information content (AvgIpc) is 2.21. The largest absolute Gasteiger partial charge is 0.478 e. The fraction of sp³-hybridized carbons (Fsp3) is 0.444.